The van der Waals surface area contributed by atoms with Crippen molar-refractivity contribution in [1.29, 1.82) is 0 Å². The van der Waals surface area contributed by atoms with Crippen LogP contribution in [0.5, 0.6) is 0 Å². The molecule has 5 atom stereocenters. The molecule has 3 fully saturated rings. The maximum absolute atomic E-state index is 14.1. The van der Waals surface area contributed by atoms with Crippen LogP contribution in [0.4, 0.5) is 17.1 Å². The number of unbranched alkanes of at least 4 members (excludes halogenated alkanes) is 1. The molecule has 2 unspecified atom stereocenters. The number of nitrogens with one attached hydrogen (secondary N) is 2. The molecular formula is C31H40N4O4S. The molecule has 2 aromatic carbocycles. The van der Waals surface area contributed by atoms with E-state index in [2.05, 4.69) is 36.3 Å². The first-order valence-electron chi connectivity index (χ1n) is 14.4. The van der Waals surface area contributed by atoms with E-state index in [1.807, 2.05) is 54.6 Å². The van der Waals surface area contributed by atoms with Gasteiger partial charge in [-0.1, -0.05) is 18.2 Å². The highest BCUT2D eigenvalue weighted by Crippen LogP contribution is 2.71. The Bertz CT molecular complexity index is 1240. The van der Waals surface area contributed by atoms with Crippen LogP contribution in [-0.2, 0) is 14.4 Å². The fraction of sp³-hybridized carbons (Fsp3) is 0.516. The molecule has 2 aromatic rings. The molecule has 3 aliphatic rings. The first-order chi connectivity index (χ1) is 19.3. The molecule has 214 valence electrons. The van der Waals surface area contributed by atoms with Crippen LogP contribution in [0.3, 0.4) is 0 Å². The fourth-order valence-corrected chi connectivity index (χ4v) is 9.41. The van der Waals surface area contributed by atoms with Gasteiger partial charge < -0.3 is 25.5 Å². The van der Waals surface area contributed by atoms with Crippen LogP contribution in [-0.4, -0.2) is 69.5 Å². The number of fused-ring (bicyclic) bond motifs is 1. The second kappa shape index (κ2) is 11.4. The summed E-state index contributed by atoms with van der Waals surface area (Å²) >= 11 is 1.66. The minimum Gasteiger partial charge on any atom is -0.396 e. The summed E-state index contributed by atoms with van der Waals surface area (Å²) in [6, 6.07) is 16.4. The zero-order chi connectivity index (χ0) is 28.5. The lowest BCUT2D eigenvalue weighted by molar-refractivity contribution is -0.139. The third-order valence-corrected chi connectivity index (χ3v) is 10.9. The van der Waals surface area contributed by atoms with Crippen molar-refractivity contribution in [3.8, 4) is 0 Å². The zero-order valence-corrected chi connectivity index (χ0v) is 24.4. The molecule has 1 spiro atoms. The molecule has 3 heterocycles. The van der Waals surface area contributed by atoms with Gasteiger partial charge in [-0.05, 0) is 82.9 Å². The Morgan fingerprint density at radius 2 is 1.62 bits per heavy atom. The smallest absolute Gasteiger partial charge is 0.248 e. The number of benzene rings is 2. The Balaban J connectivity index is 1.44. The number of aliphatic hydroxyl groups excluding tert-OH is 1. The minimum absolute atomic E-state index is 0.0290. The van der Waals surface area contributed by atoms with E-state index in [1.54, 1.807) is 16.7 Å². The predicted molar refractivity (Wildman–Crippen MR) is 160 cm³/mol. The molecule has 3 aliphatic heterocycles. The largest absolute Gasteiger partial charge is 0.396 e. The standard InChI is InChI=1S/C31H40N4O4S/c1-4-34(5-2)23-15-13-22(14-16-23)33-28(38)26-31-18-17-30(3,40-31)24(27(37)32-21-11-7-6-8-12-21)25(31)29(39)35(26)19-9-10-20-36/h6-8,11-16,24-26,36H,4-5,9-10,17-20H2,1-3H3,(H,32,37)(H,33,38)/t24-,25-,26?,30+,31?/m0/s1. The SMILES string of the molecule is CCN(CC)c1ccc(NC(=O)C2N(CCCCO)C(=O)[C@@H]3[C@@H](C(=O)Nc4ccccc4)[C@@]4(C)CCC23S4)cc1. The van der Waals surface area contributed by atoms with Gasteiger partial charge in [0.25, 0.3) is 0 Å². The van der Waals surface area contributed by atoms with E-state index in [4.69, 9.17) is 0 Å². The predicted octanol–water partition coefficient (Wildman–Crippen LogP) is 4.36. The molecule has 0 aromatic heterocycles. The molecule has 8 nitrogen and oxygen atoms in total. The van der Waals surface area contributed by atoms with Gasteiger partial charge in [-0.25, -0.2) is 0 Å². The number of para-hydroxylation sites is 1. The van der Waals surface area contributed by atoms with E-state index < -0.39 is 27.4 Å². The average molecular weight is 565 g/mol. The summed E-state index contributed by atoms with van der Waals surface area (Å²) in [7, 11) is 0. The van der Waals surface area contributed by atoms with E-state index in [0.29, 0.717) is 37.2 Å². The molecule has 3 N–H and O–H groups in total. The summed E-state index contributed by atoms with van der Waals surface area (Å²) in [5.41, 5.74) is 2.48. The summed E-state index contributed by atoms with van der Waals surface area (Å²) < 4.78 is -1.10. The minimum atomic E-state index is -0.687. The second-order valence-electron chi connectivity index (χ2n) is 11.3. The topological polar surface area (TPSA) is 102 Å². The molecule has 40 heavy (non-hydrogen) atoms. The number of anilines is 3. The lowest BCUT2D eigenvalue weighted by Crippen LogP contribution is -2.51. The first-order valence-corrected chi connectivity index (χ1v) is 15.2. The molecule has 0 radical (unpaired) electrons. The normalized spacial score (nSPS) is 28.4. The molecular weight excluding hydrogens is 524 g/mol. The number of carbonyl (C=O) groups excluding carboxylic acids is 3. The van der Waals surface area contributed by atoms with Crippen molar-refractivity contribution < 1.29 is 19.5 Å². The van der Waals surface area contributed by atoms with Crippen LogP contribution in [0.2, 0.25) is 0 Å². The van der Waals surface area contributed by atoms with Crippen molar-refractivity contribution in [2.45, 2.75) is 62.0 Å². The van der Waals surface area contributed by atoms with Gasteiger partial charge in [-0.2, -0.15) is 0 Å². The van der Waals surface area contributed by atoms with E-state index >= 15 is 0 Å². The summed E-state index contributed by atoms with van der Waals surface area (Å²) in [5, 5.41) is 15.5. The van der Waals surface area contributed by atoms with Crippen LogP contribution in [0.1, 0.15) is 46.5 Å². The Hall–Kier alpha value is -3.04. The van der Waals surface area contributed by atoms with Crippen molar-refractivity contribution in [3.63, 3.8) is 0 Å². The monoisotopic (exact) mass is 564 g/mol. The number of aliphatic hydroxyl groups is 1. The summed E-state index contributed by atoms with van der Waals surface area (Å²) in [6.07, 6.45) is 2.61. The van der Waals surface area contributed by atoms with Crippen molar-refractivity contribution in [2.24, 2.45) is 11.8 Å². The maximum Gasteiger partial charge on any atom is 0.248 e. The zero-order valence-electron chi connectivity index (χ0n) is 23.6. The number of hydrogen-bond donors (Lipinski definition) is 3. The number of thioether (sulfide) groups is 1. The molecule has 3 saturated heterocycles. The van der Waals surface area contributed by atoms with Gasteiger partial charge in [0.15, 0.2) is 0 Å². The number of rotatable bonds is 11. The van der Waals surface area contributed by atoms with Gasteiger partial charge in [0.05, 0.1) is 16.6 Å². The lowest BCUT2D eigenvalue weighted by atomic mass is 9.66. The highest BCUT2D eigenvalue weighted by molar-refractivity contribution is 8.02. The maximum atomic E-state index is 14.1. The average Bonchev–Trinajstić information content (AvgIpc) is 3.51. The fourth-order valence-electron chi connectivity index (χ4n) is 7.06. The van der Waals surface area contributed by atoms with Gasteiger partial charge in [0, 0.05) is 48.1 Å². The Kier molecular flexibility index (Phi) is 8.15. The van der Waals surface area contributed by atoms with Crippen molar-refractivity contribution >= 4 is 46.5 Å². The highest BCUT2D eigenvalue weighted by atomic mass is 32.2. The lowest BCUT2D eigenvalue weighted by Gasteiger charge is -2.34. The number of nitrogens with zero attached hydrogens (tertiary/aromatic N) is 2. The van der Waals surface area contributed by atoms with Crippen LogP contribution >= 0.6 is 11.8 Å². The Labute approximate surface area is 240 Å². The van der Waals surface area contributed by atoms with Gasteiger partial charge >= 0.3 is 0 Å². The summed E-state index contributed by atoms with van der Waals surface area (Å²) in [4.78, 5) is 45.8. The van der Waals surface area contributed by atoms with E-state index in [0.717, 1.165) is 25.2 Å². The molecule has 0 saturated carbocycles. The molecule has 2 bridgehead atoms. The van der Waals surface area contributed by atoms with E-state index in [1.165, 1.54) is 0 Å². The van der Waals surface area contributed by atoms with E-state index in [9.17, 15) is 19.5 Å². The molecule has 5 rings (SSSR count). The molecule has 0 aliphatic carbocycles. The van der Waals surface area contributed by atoms with Gasteiger partial charge in [-0.15, -0.1) is 11.8 Å². The van der Waals surface area contributed by atoms with Gasteiger partial charge in [0.1, 0.15) is 6.04 Å². The molecule has 3 amide bonds. The quantitative estimate of drug-likeness (QED) is 0.351. The van der Waals surface area contributed by atoms with Crippen LogP contribution < -0.4 is 15.5 Å². The van der Waals surface area contributed by atoms with E-state index in [-0.39, 0.29) is 24.3 Å². The number of amides is 3. The second-order valence-corrected chi connectivity index (χ2v) is 13.2. The van der Waals surface area contributed by atoms with Crippen molar-refractivity contribution in [1.82, 2.24) is 4.90 Å². The Morgan fingerprint density at radius 1 is 0.975 bits per heavy atom. The Morgan fingerprint density at radius 3 is 2.27 bits per heavy atom. The van der Waals surface area contributed by atoms with Gasteiger partial charge in [-0.3, -0.25) is 14.4 Å². The van der Waals surface area contributed by atoms with Crippen molar-refractivity contribution in [3.05, 3.63) is 54.6 Å². The summed E-state index contributed by atoms with van der Waals surface area (Å²) in [6.45, 7) is 8.49. The van der Waals surface area contributed by atoms with Crippen molar-refractivity contribution in [2.75, 3.05) is 41.8 Å². The van der Waals surface area contributed by atoms with Crippen LogP contribution in [0.15, 0.2) is 54.6 Å². The number of hydrogen-bond acceptors (Lipinski definition) is 6. The van der Waals surface area contributed by atoms with Gasteiger partial charge in [0.2, 0.25) is 17.7 Å². The highest BCUT2D eigenvalue weighted by Gasteiger charge is 2.77. The third-order valence-electron chi connectivity index (χ3n) is 8.92. The molecule has 9 heteroatoms. The third kappa shape index (κ3) is 4.87. The van der Waals surface area contributed by atoms with Crippen LogP contribution in [0.25, 0.3) is 0 Å². The number of carbonyl (C=O) groups is 3. The summed E-state index contributed by atoms with van der Waals surface area (Å²) in [5.74, 6) is -1.61. The first kappa shape index (κ1) is 28.5. The number of likely N-dealkylation sites (tertiary alicyclic amines) is 1. The van der Waals surface area contributed by atoms with Crippen LogP contribution in [0, 0.1) is 11.8 Å².